The Labute approximate surface area is 195 Å². The van der Waals surface area contributed by atoms with Gasteiger partial charge in [0.1, 0.15) is 12.6 Å². The van der Waals surface area contributed by atoms with E-state index in [1.54, 1.807) is 19.0 Å². The summed E-state index contributed by atoms with van der Waals surface area (Å²) < 4.78 is 10.4. The first kappa shape index (κ1) is 23.0. The highest BCUT2D eigenvalue weighted by molar-refractivity contribution is 5.96. The molecule has 0 aliphatic heterocycles. The molecule has 10 heteroatoms. The quantitative estimate of drug-likeness (QED) is 0.463. The molecule has 1 aliphatic carbocycles. The number of hydrogen-bond acceptors (Lipinski definition) is 7. The number of likely N-dealkylation sites (N-methyl/N-ethyl adjacent to an activating group) is 1. The van der Waals surface area contributed by atoms with Crippen molar-refractivity contribution in [2.75, 3.05) is 32.6 Å². The summed E-state index contributed by atoms with van der Waals surface area (Å²) >= 11 is 0. The molecule has 1 atom stereocenters. The number of fused-ring (bicyclic) bond motifs is 3. The van der Waals surface area contributed by atoms with Crippen molar-refractivity contribution in [2.24, 2.45) is 0 Å². The normalized spacial score (nSPS) is 13.1. The molecule has 1 aliphatic rings. The van der Waals surface area contributed by atoms with Crippen LogP contribution in [0.3, 0.4) is 0 Å². The number of carboxylic acid groups (broad SMARTS) is 1. The van der Waals surface area contributed by atoms with Crippen molar-refractivity contribution in [1.29, 1.82) is 0 Å². The van der Waals surface area contributed by atoms with Gasteiger partial charge >= 0.3 is 12.1 Å². The van der Waals surface area contributed by atoms with Gasteiger partial charge in [-0.2, -0.15) is 0 Å². The van der Waals surface area contributed by atoms with Gasteiger partial charge in [0, 0.05) is 18.5 Å². The van der Waals surface area contributed by atoms with E-state index in [4.69, 9.17) is 9.26 Å². The van der Waals surface area contributed by atoms with Gasteiger partial charge in [-0.3, -0.25) is 10.1 Å². The smallest absolute Gasteiger partial charge is 0.414 e. The molecule has 3 N–H and O–H groups in total. The minimum absolute atomic E-state index is 0.0955. The molecule has 3 aromatic rings. The van der Waals surface area contributed by atoms with Crippen LogP contribution >= 0.6 is 0 Å². The van der Waals surface area contributed by atoms with Crippen LogP contribution in [-0.2, 0) is 9.53 Å². The number of anilines is 1. The van der Waals surface area contributed by atoms with Gasteiger partial charge in [-0.1, -0.05) is 53.7 Å². The van der Waals surface area contributed by atoms with Crippen LogP contribution in [0.5, 0.6) is 0 Å². The number of benzene rings is 2. The van der Waals surface area contributed by atoms with E-state index in [1.165, 1.54) is 6.07 Å². The fourth-order valence-electron chi connectivity index (χ4n) is 3.96. The molecule has 0 fully saturated rings. The summed E-state index contributed by atoms with van der Waals surface area (Å²) in [7, 11) is 3.38. The molecule has 0 saturated heterocycles. The Kier molecular flexibility index (Phi) is 6.60. The van der Waals surface area contributed by atoms with Crippen LogP contribution in [0.4, 0.5) is 10.7 Å². The van der Waals surface area contributed by atoms with Crippen LogP contribution in [0.2, 0.25) is 0 Å². The average molecular weight is 464 g/mol. The molecule has 0 bridgehead atoms. The highest BCUT2D eigenvalue weighted by Crippen LogP contribution is 2.44. The molecular formula is C24H24N4O6. The molecule has 0 unspecified atom stereocenters. The first-order valence-corrected chi connectivity index (χ1v) is 10.6. The highest BCUT2D eigenvalue weighted by Gasteiger charge is 2.29. The van der Waals surface area contributed by atoms with E-state index < -0.39 is 24.0 Å². The first-order valence-electron chi connectivity index (χ1n) is 10.6. The topological polar surface area (TPSA) is 134 Å². The van der Waals surface area contributed by atoms with E-state index in [9.17, 15) is 19.5 Å². The van der Waals surface area contributed by atoms with Gasteiger partial charge in [0.05, 0.1) is 0 Å². The fourth-order valence-corrected chi connectivity index (χ4v) is 3.96. The van der Waals surface area contributed by atoms with Crippen LogP contribution in [-0.4, -0.2) is 66.4 Å². The second-order valence-corrected chi connectivity index (χ2v) is 8.15. The predicted octanol–water partition coefficient (Wildman–Crippen LogP) is 2.78. The molecular weight excluding hydrogens is 440 g/mol. The van der Waals surface area contributed by atoms with Crippen molar-refractivity contribution in [3.05, 3.63) is 71.4 Å². The number of carboxylic acids is 1. The summed E-state index contributed by atoms with van der Waals surface area (Å²) in [6.45, 7) is 0.218. The highest BCUT2D eigenvalue weighted by atomic mass is 16.6. The second kappa shape index (κ2) is 9.75. The Bertz CT molecular complexity index is 1180. The van der Waals surface area contributed by atoms with Crippen LogP contribution < -0.4 is 10.6 Å². The number of rotatable bonds is 8. The summed E-state index contributed by atoms with van der Waals surface area (Å²) in [5.74, 6) is -2.11. The molecule has 10 nitrogen and oxygen atoms in total. The number of nitrogens with zero attached hydrogens (tertiary/aromatic N) is 2. The van der Waals surface area contributed by atoms with E-state index in [0.29, 0.717) is 0 Å². The lowest BCUT2D eigenvalue weighted by atomic mass is 9.98. The van der Waals surface area contributed by atoms with Crippen LogP contribution in [0.1, 0.15) is 27.5 Å². The van der Waals surface area contributed by atoms with Gasteiger partial charge in [-0.15, -0.1) is 0 Å². The summed E-state index contributed by atoms with van der Waals surface area (Å²) in [5.41, 5.74) is 4.24. The zero-order chi connectivity index (χ0) is 24.2. The predicted molar refractivity (Wildman–Crippen MR) is 123 cm³/mol. The van der Waals surface area contributed by atoms with Gasteiger partial charge in [0.25, 0.3) is 5.91 Å². The maximum atomic E-state index is 12.4. The van der Waals surface area contributed by atoms with E-state index >= 15 is 0 Å². The van der Waals surface area contributed by atoms with Gasteiger partial charge in [-0.25, -0.2) is 9.59 Å². The number of hydrogen-bond donors (Lipinski definition) is 3. The maximum absolute atomic E-state index is 12.4. The zero-order valence-corrected chi connectivity index (χ0v) is 18.6. The van der Waals surface area contributed by atoms with E-state index in [2.05, 4.69) is 15.8 Å². The molecule has 0 saturated carbocycles. The van der Waals surface area contributed by atoms with Crippen LogP contribution in [0.15, 0.2) is 59.1 Å². The second-order valence-electron chi connectivity index (χ2n) is 8.15. The van der Waals surface area contributed by atoms with Crippen LogP contribution in [0, 0.1) is 0 Å². The summed E-state index contributed by atoms with van der Waals surface area (Å²) in [5, 5.41) is 17.6. The standard InChI is InChI=1S/C24H24N4O6/c1-28(2)12-20(23(30)31)25-22(29)19-11-21(34-27-19)26-24(32)33-13-18-16-9-5-3-7-14(16)15-8-4-6-10-17(15)18/h3-11,18,20H,12-13H2,1-2H3,(H,25,29)(H,26,32)(H,30,31)/t20-/m0/s1. The molecule has 2 aromatic carbocycles. The third-order valence-corrected chi connectivity index (χ3v) is 5.46. The number of amides is 2. The SMILES string of the molecule is CN(C)C[C@H](NC(=O)c1cc(NC(=O)OCC2c3ccccc3-c3ccccc32)on1)C(=O)O. The number of carbonyl (C=O) groups is 3. The minimum atomic E-state index is -1.18. The molecule has 0 radical (unpaired) electrons. The third-order valence-electron chi connectivity index (χ3n) is 5.46. The Morgan fingerprint density at radius 1 is 1.09 bits per heavy atom. The number of nitrogens with one attached hydrogen (secondary N) is 2. The number of aliphatic carboxylic acids is 1. The van der Waals surface area contributed by atoms with E-state index in [1.807, 2.05) is 48.5 Å². The average Bonchev–Trinajstić information content (AvgIpc) is 3.39. The number of ether oxygens (including phenoxy) is 1. The summed E-state index contributed by atoms with van der Waals surface area (Å²) in [4.78, 5) is 37.6. The van der Waals surface area contributed by atoms with Crippen molar-refractivity contribution in [2.45, 2.75) is 12.0 Å². The van der Waals surface area contributed by atoms with E-state index in [0.717, 1.165) is 22.3 Å². The molecule has 1 aromatic heterocycles. The Morgan fingerprint density at radius 2 is 1.71 bits per heavy atom. The van der Waals surface area contributed by atoms with E-state index in [-0.39, 0.29) is 30.6 Å². The third kappa shape index (κ3) is 4.91. The van der Waals surface area contributed by atoms with Gasteiger partial charge < -0.3 is 24.6 Å². The lowest BCUT2D eigenvalue weighted by Gasteiger charge is -2.17. The van der Waals surface area contributed by atoms with Crippen molar-refractivity contribution < 1.29 is 28.8 Å². The fraction of sp³-hybridized carbons (Fsp3) is 0.250. The first-order chi connectivity index (χ1) is 16.3. The lowest BCUT2D eigenvalue weighted by Crippen LogP contribution is -2.47. The Morgan fingerprint density at radius 3 is 2.29 bits per heavy atom. The molecule has 2 amide bonds. The molecule has 34 heavy (non-hydrogen) atoms. The summed E-state index contributed by atoms with van der Waals surface area (Å²) in [6.07, 6.45) is -0.763. The van der Waals surface area contributed by atoms with Crippen molar-refractivity contribution in [1.82, 2.24) is 15.4 Å². The Hall–Kier alpha value is -4.18. The maximum Gasteiger partial charge on any atom is 0.414 e. The van der Waals surface area contributed by atoms with Crippen LogP contribution in [0.25, 0.3) is 11.1 Å². The molecule has 176 valence electrons. The minimum Gasteiger partial charge on any atom is -0.480 e. The molecule has 4 rings (SSSR count). The Balaban J connectivity index is 1.36. The van der Waals surface area contributed by atoms with Gasteiger partial charge in [-0.05, 0) is 36.3 Å². The van der Waals surface area contributed by atoms with Gasteiger partial charge in [0.2, 0.25) is 5.88 Å². The molecule has 0 spiro atoms. The number of carbonyl (C=O) groups excluding carboxylic acids is 2. The van der Waals surface area contributed by atoms with Crippen molar-refractivity contribution >= 4 is 23.9 Å². The largest absolute Gasteiger partial charge is 0.480 e. The molecule has 1 heterocycles. The van der Waals surface area contributed by atoms with Crippen molar-refractivity contribution in [3.63, 3.8) is 0 Å². The lowest BCUT2D eigenvalue weighted by molar-refractivity contribution is -0.139. The zero-order valence-electron chi connectivity index (χ0n) is 18.6. The van der Waals surface area contributed by atoms with Gasteiger partial charge in [0.15, 0.2) is 5.69 Å². The summed E-state index contributed by atoms with van der Waals surface area (Å²) in [6, 6.07) is 16.0. The van der Waals surface area contributed by atoms with Crippen molar-refractivity contribution in [3.8, 4) is 11.1 Å². The number of aromatic nitrogens is 1. The monoisotopic (exact) mass is 464 g/mol.